The normalized spacial score (nSPS) is 16.2. The molecule has 51 heavy (non-hydrogen) atoms. The standard InChI is InChI=1S/C36H33F5N6O4/c1-45-12-8-19-16-26(34(49)20-14-23(37)30(24(38)15-20)43-28(48)7-4-10-42-21-9-13-51-18-21)47-11-5-6-22(32(19)47)29-27(50-3)17-25-31(33(29)45)44-35(46(25)2)36(39,40)41/h4-7,11,14-17,21,42H,8-10,12-13,18H2,1-3H3,(H,43,48)/b7-4+/t21-/m0/s1. The van der Waals surface area contributed by atoms with Crippen molar-refractivity contribution in [3.63, 3.8) is 0 Å². The van der Waals surface area contributed by atoms with Crippen LogP contribution in [0.15, 0.2) is 54.7 Å². The second-order valence-corrected chi connectivity index (χ2v) is 12.5. The maximum atomic E-state index is 15.3. The van der Waals surface area contributed by atoms with Crippen molar-refractivity contribution in [2.24, 2.45) is 7.05 Å². The van der Waals surface area contributed by atoms with Gasteiger partial charge >= 0.3 is 6.18 Å². The van der Waals surface area contributed by atoms with Gasteiger partial charge in [0, 0.05) is 69.3 Å². The van der Waals surface area contributed by atoms with Gasteiger partial charge < -0.3 is 34.0 Å². The van der Waals surface area contributed by atoms with Crippen molar-refractivity contribution in [3.8, 4) is 16.9 Å². The molecule has 0 radical (unpaired) electrons. The number of nitrogens with zero attached hydrogens (tertiary/aromatic N) is 4. The number of likely N-dealkylation sites (N-methyl/N-ethyl adjacent to an activating group) is 1. The fourth-order valence-electron chi connectivity index (χ4n) is 6.87. The Morgan fingerprint density at radius 2 is 1.90 bits per heavy atom. The van der Waals surface area contributed by atoms with Crippen LogP contribution in [0.25, 0.3) is 27.7 Å². The fraction of sp³-hybridized carbons (Fsp3) is 0.306. The number of fused-ring (bicyclic) bond motifs is 4. The van der Waals surface area contributed by atoms with E-state index in [9.17, 15) is 22.8 Å². The second-order valence-electron chi connectivity index (χ2n) is 12.5. The Balaban J connectivity index is 1.25. The predicted octanol–water partition coefficient (Wildman–Crippen LogP) is 5.90. The summed E-state index contributed by atoms with van der Waals surface area (Å²) in [6.45, 7) is 1.95. The van der Waals surface area contributed by atoms with E-state index in [1.165, 1.54) is 26.3 Å². The third kappa shape index (κ3) is 6.09. The first-order valence-corrected chi connectivity index (χ1v) is 16.2. The van der Waals surface area contributed by atoms with Crippen molar-refractivity contribution in [2.45, 2.75) is 25.1 Å². The summed E-state index contributed by atoms with van der Waals surface area (Å²) in [7, 11) is 4.47. The summed E-state index contributed by atoms with van der Waals surface area (Å²) in [5.74, 6) is -4.43. The Morgan fingerprint density at radius 1 is 1.14 bits per heavy atom. The zero-order valence-corrected chi connectivity index (χ0v) is 27.8. The number of ether oxygens (including phenoxy) is 2. The third-order valence-electron chi connectivity index (χ3n) is 9.33. The van der Waals surface area contributed by atoms with Crippen LogP contribution in [-0.4, -0.2) is 72.1 Å². The van der Waals surface area contributed by atoms with Crippen LogP contribution in [0.3, 0.4) is 0 Å². The van der Waals surface area contributed by atoms with Crippen molar-refractivity contribution < 1.29 is 41.0 Å². The number of hydrogen-bond acceptors (Lipinski definition) is 7. The first kappa shape index (κ1) is 34.2. The van der Waals surface area contributed by atoms with Gasteiger partial charge in [0.1, 0.15) is 28.6 Å². The van der Waals surface area contributed by atoms with E-state index < -0.39 is 41.0 Å². The number of halogens is 5. The lowest BCUT2D eigenvalue weighted by molar-refractivity contribution is -0.146. The van der Waals surface area contributed by atoms with E-state index >= 15 is 8.78 Å². The molecule has 2 aliphatic rings. The number of carbonyl (C=O) groups excluding carboxylic acids is 2. The van der Waals surface area contributed by atoms with E-state index in [2.05, 4.69) is 15.6 Å². The number of imidazole rings is 1. The zero-order chi connectivity index (χ0) is 36.2. The number of ketones is 1. The molecule has 0 unspecified atom stereocenters. The molecule has 15 heteroatoms. The minimum atomic E-state index is -4.69. The monoisotopic (exact) mass is 708 g/mol. The van der Waals surface area contributed by atoms with Crippen molar-refractivity contribution >= 4 is 39.6 Å². The molecule has 5 aromatic rings. The molecule has 2 aliphatic heterocycles. The minimum absolute atomic E-state index is 0.115. The first-order chi connectivity index (χ1) is 24.4. The highest BCUT2D eigenvalue weighted by Crippen LogP contribution is 2.48. The fourth-order valence-corrected chi connectivity index (χ4v) is 6.87. The molecule has 1 saturated heterocycles. The number of hydrogen-bond donors (Lipinski definition) is 2. The van der Waals surface area contributed by atoms with Crippen LogP contribution in [0.4, 0.5) is 33.3 Å². The van der Waals surface area contributed by atoms with Gasteiger partial charge in [-0.15, -0.1) is 0 Å². The van der Waals surface area contributed by atoms with E-state index in [-0.39, 0.29) is 28.3 Å². The Hall–Kier alpha value is -5.28. The number of amides is 1. The van der Waals surface area contributed by atoms with E-state index in [0.717, 1.165) is 34.8 Å². The average molecular weight is 709 g/mol. The summed E-state index contributed by atoms with van der Waals surface area (Å²) in [4.78, 5) is 32.2. The van der Waals surface area contributed by atoms with Crippen LogP contribution in [0.2, 0.25) is 0 Å². The van der Waals surface area contributed by atoms with E-state index in [1.54, 1.807) is 35.8 Å². The summed E-state index contributed by atoms with van der Waals surface area (Å²) in [6.07, 6.45) is 0.876. The first-order valence-electron chi connectivity index (χ1n) is 16.2. The number of aryl methyl sites for hydroxylation is 1. The largest absolute Gasteiger partial charge is 0.496 e. The number of methoxy groups -OCH3 is 1. The summed E-state index contributed by atoms with van der Waals surface area (Å²) < 4.78 is 86.0. The summed E-state index contributed by atoms with van der Waals surface area (Å²) in [5, 5.41) is 5.40. The maximum Gasteiger partial charge on any atom is 0.449 e. The predicted molar refractivity (Wildman–Crippen MR) is 180 cm³/mol. The molecule has 7 rings (SSSR count). The number of benzene rings is 2. The lowest BCUT2D eigenvalue weighted by Crippen LogP contribution is -2.29. The molecule has 2 aromatic carbocycles. The lowest BCUT2D eigenvalue weighted by Gasteiger charge is -2.27. The molecule has 0 saturated carbocycles. The van der Waals surface area contributed by atoms with Crippen molar-refractivity contribution in [2.75, 3.05) is 50.7 Å². The molecule has 0 aliphatic carbocycles. The van der Waals surface area contributed by atoms with Gasteiger partial charge in [-0.1, -0.05) is 12.1 Å². The molecule has 10 nitrogen and oxygen atoms in total. The molecule has 3 aromatic heterocycles. The Morgan fingerprint density at radius 3 is 2.59 bits per heavy atom. The molecule has 5 heterocycles. The van der Waals surface area contributed by atoms with Gasteiger partial charge in [0.2, 0.25) is 17.5 Å². The summed E-state index contributed by atoms with van der Waals surface area (Å²) >= 11 is 0. The lowest BCUT2D eigenvalue weighted by atomic mass is 9.96. The number of nitrogens with one attached hydrogen (secondary N) is 2. The minimum Gasteiger partial charge on any atom is -0.496 e. The number of alkyl halides is 3. The molecule has 266 valence electrons. The van der Waals surface area contributed by atoms with Crippen LogP contribution in [0.1, 0.15) is 33.9 Å². The maximum absolute atomic E-state index is 15.3. The van der Waals surface area contributed by atoms with Gasteiger partial charge in [-0.05, 0) is 42.7 Å². The topological polar surface area (TPSA) is 102 Å². The highest BCUT2D eigenvalue weighted by molar-refractivity contribution is 6.11. The quantitative estimate of drug-likeness (QED) is 0.118. The van der Waals surface area contributed by atoms with Gasteiger partial charge in [-0.25, -0.2) is 13.8 Å². The van der Waals surface area contributed by atoms with Gasteiger partial charge in [-0.3, -0.25) is 9.59 Å². The number of carbonyl (C=O) groups is 2. The average Bonchev–Trinajstić information content (AvgIpc) is 3.83. The van der Waals surface area contributed by atoms with Crippen LogP contribution in [-0.2, 0) is 29.2 Å². The van der Waals surface area contributed by atoms with Crippen molar-refractivity contribution in [1.29, 1.82) is 0 Å². The highest BCUT2D eigenvalue weighted by atomic mass is 19.4. The molecule has 0 bridgehead atoms. The summed E-state index contributed by atoms with van der Waals surface area (Å²) in [6, 6.07) is 8.52. The smallest absolute Gasteiger partial charge is 0.449 e. The number of anilines is 2. The van der Waals surface area contributed by atoms with Crippen LogP contribution in [0.5, 0.6) is 5.75 Å². The molecular weight excluding hydrogens is 675 g/mol. The Bertz CT molecular complexity index is 2210. The SMILES string of the molecule is COc1cc2c(nc(C(F)(F)F)n2C)c2c1-c1cccn3c(C(=O)c4cc(F)c(NC(=O)/C=C/CN[C@H]5CCOC5)c(F)c4)cc(c13)CCN2C. The molecule has 1 atom stereocenters. The Kier molecular flexibility index (Phi) is 8.79. The van der Waals surface area contributed by atoms with Crippen molar-refractivity contribution in [3.05, 3.63) is 89.0 Å². The molecule has 0 spiro atoms. The van der Waals surface area contributed by atoms with Crippen LogP contribution < -0.4 is 20.3 Å². The molecular formula is C36H33F5N6O4. The number of rotatable bonds is 8. The third-order valence-corrected chi connectivity index (χ3v) is 9.33. The zero-order valence-electron chi connectivity index (χ0n) is 27.8. The van der Waals surface area contributed by atoms with Crippen LogP contribution >= 0.6 is 0 Å². The summed E-state index contributed by atoms with van der Waals surface area (Å²) in [5.41, 5.74) is 2.33. The van der Waals surface area contributed by atoms with E-state index in [0.29, 0.717) is 60.8 Å². The number of pyridine rings is 1. The van der Waals surface area contributed by atoms with Crippen LogP contribution in [0, 0.1) is 11.6 Å². The van der Waals surface area contributed by atoms with Gasteiger partial charge in [0.05, 0.1) is 41.7 Å². The second kappa shape index (κ2) is 13.1. The Labute approximate surface area is 288 Å². The van der Waals surface area contributed by atoms with Crippen molar-refractivity contribution in [1.82, 2.24) is 19.3 Å². The molecule has 1 fully saturated rings. The molecule has 2 N–H and O–H groups in total. The molecule has 1 amide bonds. The highest BCUT2D eigenvalue weighted by Gasteiger charge is 2.38. The number of aromatic nitrogens is 3. The van der Waals surface area contributed by atoms with Gasteiger partial charge in [-0.2, -0.15) is 13.2 Å². The van der Waals surface area contributed by atoms with E-state index in [4.69, 9.17) is 9.47 Å². The van der Waals surface area contributed by atoms with E-state index in [1.807, 2.05) is 4.90 Å². The van der Waals surface area contributed by atoms with Gasteiger partial charge in [0.15, 0.2) is 0 Å². The van der Waals surface area contributed by atoms with Gasteiger partial charge in [0.25, 0.3) is 0 Å².